The predicted molar refractivity (Wildman–Crippen MR) is 214 cm³/mol. The minimum atomic E-state index is -1.66. The minimum Gasteiger partial charge on any atom is -0.481 e. The molecule has 57 heavy (non-hydrogen) atoms. The molecule has 3 aromatic rings. The van der Waals surface area contributed by atoms with Gasteiger partial charge in [-0.25, -0.2) is 0 Å². The summed E-state index contributed by atoms with van der Waals surface area (Å²) in [7, 11) is 0. The molecule has 0 saturated carbocycles. The number of esters is 1. The lowest BCUT2D eigenvalue weighted by Crippen LogP contribution is -2.59. The van der Waals surface area contributed by atoms with Crippen molar-refractivity contribution in [2.45, 2.75) is 75.8 Å². The third-order valence-corrected chi connectivity index (χ3v) is 9.18. The molecular formula is C37H49ClN8O10S. The standard InChI is InChI=1S/C37H48N8O10S.ClH/c1-20(55-21(2)46)32(38)37(54)41-19-30(47)42-28(16-23-18-40-25-12-8-7-11-24(23)25)35(52)43-26(13-14-56-3)34(51)45-29(17-31(48)49)36(53)44-27(33(39)50)15-22-9-5-4-6-10-22;/h4-12,18,20,26-29,32,40H,13-17,19,38H2,1-3H3,(H2,39,50)(H,41,54)(H,42,47)(H,43,52)(H,44,53)(H,45,51)(H,48,49);1H/t20-,26+,27+,28+,29+,32+;/m1./s1. The van der Waals surface area contributed by atoms with Crippen LogP contribution in [0.3, 0.4) is 0 Å². The Bertz CT molecular complexity index is 1880. The van der Waals surface area contributed by atoms with E-state index in [1.165, 1.54) is 18.7 Å². The Morgan fingerprint density at radius 2 is 1.40 bits per heavy atom. The number of primary amides is 1. The van der Waals surface area contributed by atoms with Crippen molar-refractivity contribution in [1.29, 1.82) is 0 Å². The molecule has 1 heterocycles. The van der Waals surface area contributed by atoms with Gasteiger partial charge in [-0.05, 0) is 42.5 Å². The van der Waals surface area contributed by atoms with Crippen LogP contribution < -0.4 is 38.1 Å². The van der Waals surface area contributed by atoms with Crippen molar-refractivity contribution >= 4 is 82.5 Å². The van der Waals surface area contributed by atoms with E-state index in [9.17, 15) is 43.5 Å². The van der Waals surface area contributed by atoms with Crippen LogP contribution in [0.25, 0.3) is 10.9 Å². The molecule has 20 heteroatoms. The number of hydrogen-bond donors (Lipinski definition) is 9. The highest BCUT2D eigenvalue weighted by Crippen LogP contribution is 2.19. The van der Waals surface area contributed by atoms with Crippen molar-refractivity contribution in [1.82, 2.24) is 31.6 Å². The fraction of sp³-hybridized carbons (Fsp3) is 0.405. The fourth-order valence-corrected chi connectivity index (χ4v) is 6.06. The Balaban J connectivity index is 0.0000112. The van der Waals surface area contributed by atoms with E-state index < -0.39 is 96.7 Å². The van der Waals surface area contributed by atoms with E-state index in [0.717, 1.165) is 17.8 Å². The van der Waals surface area contributed by atoms with Crippen LogP contribution in [-0.4, -0.2) is 112 Å². The van der Waals surface area contributed by atoms with Crippen molar-refractivity contribution in [2.75, 3.05) is 18.6 Å². The van der Waals surface area contributed by atoms with Gasteiger partial charge < -0.3 is 52.9 Å². The summed E-state index contributed by atoms with van der Waals surface area (Å²) < 4.78 is 4.93. The van der Waals surface area contributed by atoms with Gasteiger partial charge in [0, 0.05) is 36.9 Å². The second-order valence-electron chi connectivity index (χ2n) is 12.9. The maximum Gasteiger partial charge on any atom is 0.305 e. The Labute approximate surface area is 339 Å². The molecule has 18 nitrogen and oxygen atoms in total. The molecule has 3 rings (SSSR count). The van der Waals surface area contributed by atoms with Gasteiger partial charge in [0.25, 0.3) is 0 Å². The highest BCUT2D eigenvalue weighted by molar-refractivity contribution is 7.98. The van der Waals surface area contributed by atoms with Crippen LogP contribution >= 0.6 is 24.2 Å². The van der Waals surface area contributed by atoms with E-state index in [1.54, 1.807) is 48.9 Å². The smallest absolute Gasteiger partial charge is 0.305 e. The van der Waals surface area contributed by atoms with Gasteiger partial charge in [0.05, 0.1) is 13.0 Å². The SMILES string of the molecule is CSCC[C@H](NC(=O)[C@H](Cc1c[nH]c2ccccc12)NC(=O)CNC(=O)[C@@H](N)[C@@H](C)OC(C)=O)C(=O)N[C@@H](CC(=O)O)C(=O)N[C@@H](Cc1ccccc1)C(N)=O.Cl. The van der Waals surface area contributed by atoms with Gasteiger partial charge >= 0.3 is 11.9 Å². The number of aromatic nitrogens is 1. The third-order valence-electron chi connectivity index (χ3n) is 8.53. The van der Waals surface area contributed by atoms with Gasteiger partial charge in [-0.15, -0.1) is 12.4 Å². The summed E-state index contributed by atoms with van der Waals surface area (Å²) >= 11 is 1.36. The summed E-state index contributed by atoms with van der Waals surface area (Å²) in [6, 6.07) is 9.11. The number of fused-ring (bicyclic) bond motifs is 1. The summed E-state index contributed by atoms with van der Waals surface area (Å²) in [5.74, 6) is -6.85. The molecule has 0 aliphatic rings. The summed E-state index contributed by atoms with van der Waals surface area (Å²) in [6.07, 6.45) is 1.58. The fourth-order valence-electron chi connectivity index (χ4n) is 5.59. The molecule has 2 aromatic carbocycles. The van der Waals surface area contributed by atoms with E-state index in [-0.39, 0.29) is 31.7 Å². The van der Waals surface area contributed by atoms with Crippen molar-refractivity contribution in [3.05, 3.63) is 71.9 Å². The number of halogens is 1. The van der Waals surface area contributed by atoms with Crippen LogP contribution in [0.5, 0.6) is 0 Å². The number of thioether (sulfide) groups is 1. The van der Waals surface area contributed by atoms with Crippen LogP contribution in [0.4, 0.5) is 0 Å². The molecule has 0 fully saturated rings. The Morgan fingerprint density at radius 3 is 2.04 bits per heavy atom. The number of para-hydroxylation sites is 1. The second-order valence-corrected chi connectivity index (χ2v) is 13.9. The molecule has 0 radical (unpaired) electrons. The second kappa shape index (κ2) is 23.4. The molecule has 0 spiro atoms. The normalized spacial score (nSPS) is 13.9. The average Bonchev–Trinajstić information content (AvgIpc) is 3.56. The Hall–Kier alpha value is -5.66. The first-order chi connectivity index (χ1) is 26.6. The number of carboxylic acids is 1. The van der Waals surface area contributed by atoms with Crippen LogP contribution in [0.1, 0.15) is 37.8 Å². The van der Waals surface area contributed by atoms with Crippen molar-refractivity contribution in [3.63, 3.8) is 0 Å². The monoisotopic (exact) mass is 832 g/mol. The van der Waals surface area contributed by atoms with E-state index in [1.807, 2.05) is 18.2 Å². The van der Waals surface area contributed by atoms with Crippen LogP contribution in [0.2, 0.25) is 0 Å². The Kier molecular flexibility index (Phi) is 19.5. The molecule has 1 aromatic heterocycles. The van der Waals surface area contributed by atoms with E-state index in [2.05, 4.69) is 31.6 Å². The van der Waals surface area contributed by atoms with Crippen LogP contribution in [-0.2, 0) is 55.9 Å². The predicted octanol–water partition coefficient (Wildman–Crippen LogP) is -0.578. The van der Waals surface area contributed by atoms with Crippen molar-refractivity contribution < 1.29 is 48.2 Å². The number of H-pyrrole nitrogens is 1. The molecule has 6 amide bonds. The van der Waals surface area contributed by atoms with Gasteiger partial charge in [-0.1, -0.05) is 48.5 Å². The number of aliphatic carboxylic acids is 1. The topological polar surface area (TPSA) is 294 Å². The largest absolute Gasteiger partial charge is 0.481 e. The summed E-state index contributed by atoms with van der Waals surface area (Å²) in [6.45, 7) is 1.97. The van der Waals surface area contributed by atoms with Crippen LogP contribution in [0.15, 0.2) is 60.8 Å². The number of benzene rings is 2. The maximum atomic E-state index is 13.9. The lowest BCUT2D eigenvalue weighted by atomic mass is 10.0. The number of rotatable bonds is 22. The quantitative estimate of drug-likeness (QED) is 0.0575. The number of nitrogens with one attached hydrogen (secondary N) is 6. The number of carboxylic acid groups (broad SMARTS) is 1. The Morgan fingerprint density at radius 1 is 0.807 bits per heavy atom. The molecule has 6 atom stereocenters. The molecule has 11 N–H and O–H groups in total. The number of ether oxygens (including phenoxy) is 1. The zero-order chi connectivity index (χ0) is 41.4. The van der Waals surface area contributed by atoms with Gasteiger partial charge in [-0.2, -0.15) is 11.8 Å². The first-order valence-electron chi connectivity index (χ1n) is 17.6. The van der Waals surface area contributed by atoms with Crippen LogP contribution in [0, 0.1) is 0 Å². The highest BCUT2D eigenvalue weighted by atomic mass is 35.5. The zero-order valence-electron chi connectivity index (χ0n) is 31.6. The van der Waals surface area contributed by atoms with Gasteiger partial charge in [0.2, 0.25) is 35.4 Å². The van der Waals surface area contributed by atoms with E-state index >= 15 is 0 Å². The summed E-state index contributed by atoms with van der Waals surface area (Å²) in [4.78, 5) is 105. The number of aromatic amines is 1. The first kappa shape index (κ1) is 47.5. The van der Waals surface area contributed by atoms with Gasteiger partial charge in [-0.3, -0.25) is 38.4 Å². The summed E-state index contributed by atoms with van der Waals surface area (Å²) in [5.41, 5.74) is 13.5. The average molecular weight is 833 g/mol. The highest BCUT2D eigenvalue weighted by Gasteiger charge is 2.33. The molecule has 0 saturated heterocycles. The van der Waals surface area contributed by atoms with Gasteiger partial charge in [0.15, 0.2) is 0 Å². The number of carbonyl (C=O) groups excluding carboxylic acids is 7. The molecule has 0 unspecified atom stereocenters. The van der Waals surface area contributed by atoms with Gasteiger partial charge in [0.1, 0.15) is 36.3 Å². The minimum absolute atomic E-state index is 0. The third kappa shape index (κ3) is 15.4. The number of amides is 6. The number of hydrogen-bond acceptors (Lipinski definition) is 11. The van der Waals surface area contributed by atoms with Crippen molar-refractivity contribution in [3.8, 4) is 0 Å². The molecule has 0 aliphatic carbocycles. The molecule has 0 aliphatic heterocycles. The lowest BCUT2D eigenvalue weighted by Gasteiger charge is -2.26. The molecule has 310 valence electrons. The molecular weight excluding hydrogens is 784 g/mol. The summed E-state index contributed by atoms with van der Waals surface area (Å²) in [5, 5.41) is 22.7. The number of nitrogens with two attached hydrogens (primary N) is 2. The van der Waals surface area contributed by atoms with E-state index in [0.29, 0.717) is 16.9 Å². The molecule has 0 bridgehead atoms. The maximum absolute atomic E-state index is 13.9. The van der Waals surface area contributed by atoms with E-state index in [4.69, 9.17) is 16.2 Å². The lowest BCUT2D eigenvalue weighted by molar-refractivity contribution is -0.148. The first-order valence-corrected chi connectivity index (χ1v) is 19.0. The number of carbonyl (C=O) groups is 8. The zero-order valence-corrected chi connectivity index (χ0v) is 33.2. The van der Waals surface area contributed by atoms with Crippen molar-refractivity contribution in [2.24, 2.45) is 11.5 Å².